The fourth-order valence-corrected chi connectivity index (χ4v) is 2.64. The SMILES string of the molecule is CCn1cc(NC(=O)NCC(CO)Cc2cccs2)nn1. The van der Waals surface area contributed by atoms with Gasteiger partial charge in [0.25, 0.3) is 0 Å². The largest absolute Gasteiger partial charge is 0.396 e. The van der Waals surface area contributed by atoms with Gasteiger partial charge in [0, 0.05) is 30.5 Å². The molecule has 2 heterocycles. The van der Waals surface area contributed by atoms with Crippen molar-refractivity contribution in [2.24, 2.45) is 5.92 Å². The van der Waals surface area contributed by atoms with Gasteiger partial charge >= 0.3 is 6.03 Å². The number of aliphatic hydroxyl groups excluding tert-OH is 1. The lowest BCUT2D eigenvalue weighted by Gasteiger charge is -2.14. The molecule has 2 rings (SSSR count). The number of amides is 2. The number of urea groups is 1. The number of aryl methyl sites for hydroxylation is 1. The molecule has 0 saturated heterocycles. The van der Waals surface area contributed by atoms with Crippen molar-refractivity contribution in [3.05, 3.63) is 28.6 Å². The molecule has 0 aliphatic carbocycles. The zero-order valence-corrected chi connectivity index (χ0v) is 12.6. The molecule has 3 N–H and O–H groups in total. The van der Waals surface area contributed by atoms with Crippen LogP contribution in [0.4, 0.5) is 10.6 Å². The van der Waals surface area contributed by atoms with Gasteiger partial charge in [0.15, 0.2) is 5.82 Å². The Labute approximate surface area is 127 Å². The van der Waals surface area contributed by atoms with Gasteiger partial charge in [-0.3, -0.25) is 10.00 Å². The molecule has 21 heavy (non-hydrogen) atoms. The van der Waals surface area contributed by atoms with Crippen LogP contribution in [0.3, 0.4) is 0 Å². The van der Waals surface area contributed by atoms with Crippen LogP contribution >= 0.6 is 11.3 Å². The molecular weight excluding hydrogens is 290 g/mol. The number of hydrogen-bond acceptors (Lipinski definition) is 5. The van der Waals surface area contributed by atoms with E-state index < -0.39 is 0 Å². The molecule has 7 nitrogen and oxygen atoms in total. The van der Waals surface area contributed by atoms with E-state index in [9.17, 15) is 9.90 Å². The lowest BCUT2D eigenvalue weighted by atomic mass is 10.1. The molecule has 8 heteroatoms. The van der Waals surface area contributed by atoms with Gasteiger partial charge < -0.3 is 10.4 Å². The lowest BCUT2D eigenvalue weighted by Crippen LogP contribution is -2.35. The molecule has 2 aromatic rings. The van der Waals surface area contributed by atoms with Crippen molar-refractivity contribution in [3.8, 4) is 0 Å². The molecule has 2 amide bonds. The average molecular weight is 309 g/mol. The van der Waals surface area contributed by atoms with Crippen LogP contribution < -0.4 is 10.6 Å². The lowest BCUT2D eigenvalue weighted by molar-refractivity contribution is 0.218. The Hall–Kier alpha value is -1.93. The quantitative estimate of drug-likeness (QED) is 0.719. The highest BCUT2D eigenvalue weighted by Gasteiger charge is 2.12. The van der Waals surface area contributed by atoms with Gasteiger partial charge in [-0.15, -0.1) is 16.4 Å². The van der Waals surface area contributed by atoms with Crippen LogP contribution in [0, 0.1) is 5.92 Å². The number of thiophene rings is 1. The van der Waals surface area contributed by atoms with Crippen LogP contribution in [-0.4, -0.2) is 39.3 Å². The number of anilines is 1. The predicted molar refractivity (Wildman–Crippen MR) is 81.3 cm³/mol. The van der Waals surface area contributed by atoms with Crippen molar-refractivity contribution >= 4 is 23.2 Å². The summed E-state index contributed by atoms with van der Waals surface area (Å²) in [4.78, 5) is 13.0. The maximum atomic E-state index is 11.8. The summed E-state index contributed by atoms with van der Waals surface area (Å²) in [6.07, 6.45) is 2.41. The van der Waals surface area contributed by atoms with Crippen molar-refractivity contribution in [1.29, 1.82) is 0 Å². The number of carbonyl (C=O) groups is 1. The Morgan fingerprint density at radius 2 is 2.43 bits per heavy atom. The molecule has 1 unspecified atom stereocenters. The number of rotatable bonds is 7. The van der Waals surface area contributed by atoms with Crippen LogP contribution in [0.2, 0.25) is 0 Å². The number of nitrogens with zero attached hydrogens (tertiary/aromatic N) is 3. The van der Waals surface area contributed by atoms with E-state index in [2.05, 4.69) is 20.9 Å². The normalized spacial score (nSPS) is 12.1. The summed E-state index contributed by atoms with van der Waals surface area (Å²) >= 11 is 1.65. The molecule has 0 fully saturated rings. The van der Waals surface area contributed by atoms with Crippen LogP contribution in [0.5, 0.6) is 0 Å². The third-order valence-corrected chi connectivity index (χ3v) is 3.88. The third kappa shape index (κ3) is 4.83. The summed E-state index contributed by atoms with van der Waals surface area (Å²) in [6.45, 7) is 3.07. The van der Waals surface area contributed by atoms with Gasteiger partial charge in [-0.2, -0.15) is 0 Å². The zero-order chi connectivity index (χ0) is 15.1. The summed E-state index contributed by atoms with van der Waals surface area (Å²) in [5, 5.41) is 24.4. The Morgan fingerprint density at radius 1 is 1.57 bits per heavy atom. The number of aromatic nitrogens is 3. The first kappa shape index (κ1) is 15.5. The molecule has 0 aliphatic rings. The first-order valence-electron chi connectivity index (χ1n) is 6.79. The van der Waals surface area contributed by atoms with Gasteiger partial charge in [-0.25, -0.2) is 4.79 Å². The summed E-state index contributed by atoms with van der Waals surface area (Å²) < 4.78 is 1.63. The molecule has 0 radical (unpaired) electrons. The van der Waals surface area contributed by atoms with E-state index in [0.717, 1.165) is 6.42 Å². The smallest absolute Gasteiger partial charge is 0.320 e. The van der Waals surface area contributed by atoms with E-state index in [1.54, 1.807) is 22.2 Å². The monoisotopic (exact) mass is 309 g/mol. The Kier molecular flexibility index (Phi) is 5.70. The van der Waals surface area contributed by atoms with E-state index in [0.29, 0.717) is 18.9 Å². The first-order valence-corrected chi connectivity index (χ1v) is 7.67. The van der Waals surface area contributed by atoms with Crippen LogP contribution in [0.25, 0.3) is 0 Å². The minimum atomic E-state index is -0.345. The average Bonchev–Trinajstić information content (AvgIpc) is 3.14. The van der Waals surface area contributed by atoms with Crippen molar-refractivity contribution in [1.82, 2.24) is 20.3 Å². The van der Waals surface area contributed by atoms with Crippen molar-refractivity contribution in [2.45, 2.75) is 19.9 Å². The van der Waals surface area contributed by atoms with E-state index in [-0.39, 0.29) is 18.6 Å². The fourth-order valence-electron chi connectivity index (χ4n) is 1.82. The topological polar surface area (TPSA) is 92.1 Å². The van der Waals surface area contributed by atoms with Gasteiger partial charge in [0.2, 0.25) is 0 Å². The standard InChI is InChI=1S/C13H19N5O2S/c1-2-18-8-12(16-17-18)15-13(20)14-7-10(9-19)6-11-4-3-5-21-11/h3-5,8,10,19H,2,6-7,9H2,1H3,(H2,14,15,20). The van der Waals surface area contributed by atoms with Crippen LogP contribution in [0.15, 0.2) is 23.7 Å². The molecule has 0 spiro atoms. The summed E-state index contributed by atoms with van der Waals surface area (Å²) in [5.74, 6) is 0.411. The molecule has 0 saturated carbocycles. The second kappa shape index (κ2) is 7.75. The van der Waals surface area contributed by atoms with Crippen molar-refractivity contribution in [3.63, 3.8) is 0 Å². The van der Waals surface area contributed by atoms with E-state index in [4.69, 9.17) is 0 Å². The second-order valence-corrected chi connectivity index (χ2v) is 5.66. The fraction of sp³-hybridized carbons (Fsp3) is 0.462. The molecular formula is C13H19N5O2S. The minimum Gasteiger partial charge on any atom is -0.396 e. The van der Waals surface area contributed by atoms with Crippen LogP contribution in [-0.2, 0) is 13.0 Å². The van der Waals surface area contributed by atoms with Crippen molar-refractivity contribution < 1.29 is 9.90 Å². The number of hydrogen-bond donors (Lipinski definition) is 3. The Balaban J connectivity index is 1.76. The molecule has 0 bridgehead atoms. The van der Waals surface area contributed by atoms with Crippen molar-refractivity contribution in [2.75, 3.05) is 18.5 Å². The number of nitrogens with one attached hydrogen (secondary N) is 2. The van der Waals surface area contributed by atoms with Gasteiger partial charge in [-0.1, -0.05) is 11.3 Å². The van der Waals surface area contributed by atoms with Gasteiger partial charge in [-0.05, 0) is 24.8 Å². The highest BCUT2D eigenvalue weighted by molar-refractivity contribution is 7.09. The maximum absolute atomic E-state index is 11.8. The number of aliphatic hydroxyl groups is 1. The van der Waals surface area contributed by atoms with Gasteiger partial charge in [0.05, 0.1) is 6.20 Å². The molecule has 0 aliphatic heterocycles. The zero-order valence-electron chi connectivity index (χ0n) is 11.8. The molecule has 114 valence electrons. The maximum Gasteiger partial charge on any atom is 0.320 e. The molecule has 0 aromatic carbocycles. The Morgan fingerprint density at radius 3 is 3.05 bits per heavy atom. The highest BCUT2D eigenvalue weighted by atomic mass is 32.1. The molecule has 2 aromatic heterocycles. The first-order chi connectivity index (χ1) is 10.2. The number of carbonyl (C=O) groups excluding carboxylic acids is 1. The van der Waals surface area contributed by atoms with Gasteiger partial charge in [0.1, 0.15) is 0 Å². The summed E-state index contributed by atoms with van der Waals surface area (Å²) in [7, 11) is 0. The summed E-state index contributed by atoms with van der Waals surface area (Å²) in [6, 6.07) is 3.66. The Bertz CT molecular complexity index is 555. The van der Waals surface area contributed by atoms with Crippen LogP contribution in [0.1, 0.15) is 11.8 Å². The predicted octanol–water partition coefficient (Wildman–Crippen LogP) is 1.33. The van der Waals surface area contributed by atoms with E-state index in [1.165, 1.54) is 4.88 Å². The minimum absolute atomic E-state index is 0.000671. The molecule has 1 atom stereocenters. The third-order valence-electron chi connectivity index (χ3n) is 2.98. The van der Waals surface area contributed by atoms with E-state index in [1.807, 2.05) is 24.4 Å². The highest BCUT2D eigenvalue weighted by Crippen LogP contribution is 2.14. The van der Waals surface area contributed by atoms with E-state index >= 15 is 0 Å². The summed E-state index contributed by atoms with van der Waals surface area (Å²) in [5.41, 5.74) is 0. The second-order valence-electron chi connectivity index (χ2n) is 4.63.